The number of likely N-dealkylation sites (tertiary alicyclic amines) is 1. The van der Waals surface area contributed by atoms with E-state index in [1.165, 1.54) is 16.4 Å². The van der Waals surface area contributed by atoms with E-state index < -0.39 is 0 Å². The van der Waals surface area contributed by atoms with Crippen molar-refractivity contribution in [1.82, 2.24) is 9.27 Å². The van der Waals surface area contributed by atoms with Crippen LogP contribution in [0.3, 0.4) is 0 Å². The van der Waals surface area contributed by atoms with Crippen LogP contribution >= 0.6 is 11.5 Å². The van der Waals surface area contributed by atoms with Crippen LogP contribution in [0.1, 0.15) is 30.8 Å². The summed E-state index contributed by atoms with van der Waals surface area (Å²) in [6.07, 6.45) is 1.86. The Labute approximate surface area is 101 Å². The first kappa shape index (κ1) is 11.6. The number of carbonyl (C=O) groups is 1. The number of amides is 1. The minimum absolute atomic E-state index is 0.183. The Kier molecular flexibility index (Phi) is 3.28. The molecule has 1 atom stereocenters. The van der Waals surface area contributed by atoms with Crippen LogP contribution in [-0.2, 0) is 11.2 Å². The minimum Gasteiger partial charge on any atom is -0.340 e. The van der Waals surface area contributed by atoms with Gasteiger partial charge in [-0.1, -0.05) is 0 Å². The summed E-state index contributed by atoms with van der Waals surface area (Å²) in [6, 6.07) is 2.43. The summed E-state index contributed by atoms with van der Waals surface area (Å²) >= 11 is 1.53. The van der Waals surface area contributed by atoms with Crippen molar-refractivity contribution in [3.05, 3.63) is 16.6 Å². The fraction of sp³-hybridized carbons (Fsp3) is 0.667. The van der Waals surface area contributed by atoms with Crippen molar-refractivity contribution in [3.8, 4) is 0 Å². The summed E-state index contributed by atoms with van der Waals surface area (Å²) in [5.74, 6) is 0.503. The summed E-state index contributed by atoms with van der Waals surface area (Å²) in [5.41, 5.74) is 1.06. The molecule has 1 aromatic heterocycles. The van der Waals surface area contributed by atoms with Crippen molar-refractivity contribution in [1.29, 1.82) is 0 Å². The minimum atomic E-state index is 0.183. The SMILES string of the molecule is Cc1cc(CC2CCN(C(C)C)C2=O)sn1. The second-order valence-electron chi connectivity index (χ2n) is 4.75. The standard InChI is InChI=1S/C12H18N2OS/c1-8(2)14-5-4-10(12(14)15)7-11-6-9(3)13-16-11/h6,8,10H,4-5,7H2,1-3H3. The maximum Gasteiger partial charge on any atom is 0.226 e. The quantitative estimate of drug-likeness (QED) is 0.809. The fourth-order valence-electron chi connectivity index (χ4n) is 2.22. The fourth-order valence-corrected chi connectivity index (χ4v) is 3.03. The molecule has 0 aliphatic carbocycles. The maximum atomic E-state index is 12.1. The first-order chi connectivity index (χ1) is 7.58. The normalized spacial score (nSPS) is 21.1. The highest BCUT2D eigenvalue weighted by Gasteiger charge is 2.33. The summed E-state index contributed by atoms with van der Waals surface area (Å²) in [7, 11) is 0. The van der Waals surface area contributed by atoms with Gasteiger partial charge >= 0.3 is 0 Å². The highest BCUT2D eigenvalue weighted by atomic mass is 32.1. The van der Waals surface area contributed by atoms with Gasteiger partial charge in [-0.05, 0) is 51.2 Å². The second kappa shape index (κ2) is 4.53. The van der Waals surface area contributed by atoms with E-state index in [0.717, 1.165) is 25.1 Å². The van der Waals surface area contributed by atoms with Crippen LogP contribution in [0, 0.1) is 12.8 Å². The highest BCUT2D eigenvalue weighted by Crippen LogP contribution is 2.25. The molecule has 0 saturated carbocycles. The second-order valence-corrected chi connectivity index (χ2v) is 5.64. The monoisotopic (exact) mass is 238 g/mol. The Morgan fingerprint density at radius 1 is 1.62 bits per heavy atom. The number of aromatic nitrogens is 1. The zero-order valence-corrected chi connectivity index (χ0v) is 10.9. The zero-order chi connectivity index (χ0) is 11.7. The van der Waals surface area contributed by atoms with Gasteiger partial charge in [0.25, 0.3) is 0 Å². The third-order valence-corrected chi connectivity index (χ3v) is 4.00. The van der Waals surface area contributed by atoms with Crippen LogP contribution in [0.15, 0.2) is 6.07 Å². The van der Waals surface area contributed by atoms with Crippen LogP contribution in [0.4, 0.5) is 0 Å². The van der Waals surface area contributed by atoms with Crippen molar-refractivity contribution in [2.75, 3.05) is 6.54 Å². The predicted molar refractivity (Wildman–Crippen MR) is 65.5 cm³/mol. The molecule has 0 aromatic carbocycles. The molecule has 1 aliphatic heterocycles. The lowest BCUT2D eigenvalue weighted by molar-refractivity contribution is -0.132. The van der Waals surface area contributed by atoms with Crippen LogP contribution in [0.5, 0.6) is 0 Å². The van der Waals surface area contributed by atoms with Gasteiger partial charge in [0.05, 0.1) is 5.69 Å². The third-order valence-electron chi connectivity index (χ3n) is 3.10. The topological polar surface area (TPSA) is 33.2 Å². The van der Waals surface area contributed by atoms with Crippen LogP contribution in [0.25, 0.3) is 0 Å². The number of nitrogens with zero attached hydrogens (tertiary/aromatic N) is 2. The average Bonchev–Trinajstić information content (AvgIpc) is 2.76. The molecule has 0 spiro atoms. The molecule has 1 saturated heterocycles. The molecule has 1 fully saturated rings. The van der Waals surface area contributed by atoms with E-state index in [0.29, 0.717) is 11.9 Å². The van der Waals surface area contributed by atoms with Gasteiger partial charge in [0, 0.05) is 23.4 Å². The zero-order valence-electron chi connectivity index (χ0n) is 10.1. The van der Waals surface area contributed by atoms with Crippen molar-refractivity contribution < 1.29 is 4.79 Å². The Morgan fingerprint density at radius 3 is 2.88 bits per heavy atom. The van der Waals surface area contributed by atoms with Gasteiger partial charge in [-0.25, -0.2) is 0 Å². The molecule has 1 aromatic rings. The van der Waals surface area contributed by atoms with Gasteiger partial charge in [-0.2, -0.15) is 4.37 Å². The number of hydrogen-bond donors (Lipinski definition) is 0. The molecule has 2 rings (SSSR count). The van der Waals surface area contributed by atoms with E-state index >= 15 is 0 Å². The van der Waals surface area contributed by atoms with E-state index in [1.807, 2.05) is 11.8 Å². The van der Waals surface area contributed by atoms with Crippen LogP contribution in [-0.4, -0.2) is 27.8 Å². The lowest BCUT2D eigenvalue weighted by Gasteiger charge is -2.20. The van der Waals surface area contributed by atoms with Gasteiger partial charge in [-0.15, -0.1) is 0 Å². The molecule has 3 nitrogen and oxygen atoms in total. The van der Waals surface area contributed by atoms with Gasteiger partial charge in [0.15, 0.2) is 0 Å². The maximum absolute atomic E-state index is 12.1. The molecule has 0 radical (unpaired) electrons. The van der Waals surface area contributed by atoms with Gasteiger partial charge in [0.1, 0.15) is 0 Å². The first-order valence-electron chi connectivity index (χ1n) is 5.80. The Balaban J connectivity index is 2.00. The van der Waals surface area contributed by atoms with Crippen LogP contribution in [0.2, 0.25) is 0 Å². The summed E-state index contributed by atoms with van der Waals surface area (Å²) in [5, 5.41) is 0. The molecular weight excluding hydrogens is 220 g/mol. The smallest absolute Gasteiger partial charge is 0.226 e. The summed E-state index contributed by atoms with van der Waals surface area (Å²) in [4.78, 5) is 15.3. The van der Waals surface area contributed by atoms with Crippen molar-refractivity contribution in [3.63, 3.8) is 0 Å². The van der Waals surface area contributed by atoms with E-state index in [1.54, 1.807) is 0 Å². The molecule has 2 heterocycles. The Bertz CT molecular complexity index is 386. The molecule has 88 valence electrons. The third kappa shape index (κ3) is 2.26. The molecular formula is C12H18N2OS. The molecule has 1 aliphatic rings. The Morgan fingerprint density at radius 2 is 2.38 bits per heavy atom. The molecule has 16 heavy (non-hydrogen) atoms. The van der Waals surface area contributed by atoms with Crippen LogP contribution < -0.4 is 0 Å². The van der Waals surface area contributed by atoms with Crippen molar-refractivity contribution in [2.24, 2.45) is 5.92 Å². The van der Waals surface area contributed by atoms with E-state index in [9.17, 15) is 4.79 Å². The van der Waals surface area contributed by atoms with E-state index in [2.05, 4.69) is 24.3 Å². The molecule has 1 unspecified atom stereocenters. The lowest BCUT2D eigenvalue weighted by atomic mass is 10.0. The molecule has 0 N–H and O–H groups in total. The van der Waals surface area contributed by atoms with Gasteiger partial charge in [-0.3, -0.25) is 4.79 Å². The average molecular weight is 238 g/mol. The summed E-state index contributed by atoms with van der Waals surface area (Å²) in [6.45, 7) is 7.07. The van der Waals surface area contributed by atoms with Crippen molar-refractivity contribution in [2.45, 2.75) is 39.7 Å². The Hall–Kier alpha value is -0.900. The molecule has 4 heteroatoms. The summed E-state index contributed by atoms with van der Waals surface area (Å²) < 4.78 is 4.25. The number of aryl methyl sites for hydroxylation is 1. The van der Waals surface area contributed by atoms with Gasteiger partial charge in [0.2, 0.25) is 5.91 Å². The highest BCUT2D eigenvalue weighted by molar-refractivity contribution is 7.05. The number of hydrogen-bond acceptors (Lipinski definition) is 3. The van der Waals surface area contributed by atoms with E-state index in [-0.39, 0.29) is 5.92 Å². The predicted octanol–water partition coefficient (Wildman–Crippen LogP) is 2.25. The number of rotatable bonds is 3. The van der Waals surface area contributed by atoms with Crippen molar-refractivity contribution >= 4 is 17.4 Å². The van der Waals surface area contributed by atoms with E-state index in [4.69, 9.17) is 0 Å². The number of carbonyl (C=O) groups excluding carboxylic acids is 1. The first-order valence-corrected chi connectivity index (χ1v) is 6.58. The molecule has 0 bridgehead atoms. The van der Waals surface area contributed by atoms with Gasteiger partial charge < -0.3 is 4.90 Å². The molecule has 1 amide bonds. The largest absolute Gasteiger partial charge is 0.340 e. The lowest BCUT2D eigenvalue weighted by Crippen LogP contribution is -2.33.